The summed E-state index contributed by atoms with van der Waals surface area (Å²) >= 11 is 0. The van der Waals surface area contributed by atoms with Crippen LogP contribution in [0.25, 0.3) is 0 Å². The summed E-state index contributed by atoms with van der Waals surface area (Å²) in [6.45, 7) is 4.93. The molecule has 120 valence electrons. The molecule has 1 aliphatic rings. The van der Waals surface area contributed by atoms with Crippen molar-refractivity contribution in [1.29, 1.82) is 0 Å². The highest BCUT2D eigenvalue weighted by atomic mass is 16.4. The van der Waals surface area contributed by atoms with Gasteiger partial charge in [0.15, 0.2) is 5.54 Å². The van der Waals surface area contributed by atoms with Gasteiger partial charge in [0.25, 0.3) is 5.91 Å². The van der Waals surface area contributed by atoms with Crippen LogP contribution in [0.1, 0.15) is 26.5 Å². The van der Waals surface area contributed by atoms with Crippen LogP contribution in [0.5, 0.6) is 0 Å². The van der Waals surface area contributed by atoms with E-state index < -0.39 is 29.1 Å². The van der Waals surface area contributed by atoms with Gasteiger partial charge >= 0.3 is 12.1 Å². The molecular weight excluding hydrogens is 290 g/mol. The third-order valence-corrected chi connectivity index (χ3v) is 3.63. The first-order valence-corrected chi connectivity index (χ1v) is 6.69. The van der Waals surface area contributed by atoms with Crippen LogP contribution in [-0.4, -0.2) is 49.7 Å². The molecule has 0 aliphatic carbocycles. The summed E-state index contributed by atoms with van der Waals surface area (Å²) in [7, 11) is 1.67. The maximum absolute atomic E-state index is 12.4. The Balaban J connectivity index is 2.52. The maximum atomic E-state index is 12.4. The van der Waals surface area contributed by atoms with Crippen molar-refractivity contribution >= 4 is 18.0 Å². The molecule has 2 rings (SSSR count). The van der Waals surface area contributed by atoms with Gasteiger partial charge in [-0.3, -0.25) is 10.1 Å². The Morgan fingerprint density at radius 3 is 2.45 bits per heavy atom. The summed E-state index contributed by atoms with van der Waals surface area (Å²) in [5, 5.41) is 14.2. The molecule has 1 unspecified atom stereocenters. The number of hydrogen-bond acceptors (Lipinski definition) is 4. The second-order valence-corrected chi connectivity index (χ2v) is 6.24. The number of carbonyl (C=O) groups excluding carboxylic acids is 2. The number of rotatable bonds is 3. The van der Waals surface area contributed by atoms with Crippen molar-refractivity contribution in [2.75, 3.05) is 6.54 Å². The summed E-state index contributed by atoms with van der Waals surface area (Å²) in [5.74, 6) is -0.600. The van der Waals surface area contributed by atoms with Crippen molar-refractivity contribution in [2.45, 2.75) is 31.8 Å². The average Bonchev–Trinajstić information content (AvgIpc) is 2.89. The van der Waals surface area contributed by atoms with Gasteiger partial charge in [-0.2, -0.15) is 0 Å². The third kappa shape index (κ3) is 2.49. The van der Waals surface area contributed by atoms with Crippen LogP contribution >= 0.6 is 0 Å². The lowest BCUT2D eigenvalue weighted by atomic mass is 9.92. The van der Waals surface area contributed by atoms with Crippen molar-refractivity contribution in [3.8, 4) is 0 Å². The predicted octanol–water partition coefficient (Wildman–Crippen LogP) is 0.233. The Morgan fingerprint density at radius 1 is 1.45 bits per heavy atom. The summed E-state index contributed by atoms with van der Waals surface area (Å²) in [5.41, 5.74) is -1.84. The Hall–Kier alpha value is -2.58. The largest absolute Gasteiger partial charge is 0.465 e. The molecule has 22 heavy (non-hydrogen) atoms. The van der Waals surface area contributed by atoms with E-state index in [4.69, 9.17) is 0 Å². The predicted molar refractivity (Wildman–Crippen MR) is 76.0 cm³/mol. The number of nitrogens with one attached hydrogen (secondary N) is 2. The van der Waals surface area contributed by atoms with Crippen molar-refractivity contribution < 1.29 is 19.5 Å². The molecule has 1 saturated heterocycles. The second kappa shape index (κ2) is 5.00. The van der Waals surface area contributed by atoms with Crippen LogP contribution in [0.3, 0.4) is 0 Å². The van der Waals surface area contributed by atoms with Gasteiger partial charge in [-0.25, -0.2) is 14.6 Å². The van der Waals surface area contributed by atoms with E-state index in [1.807, 2.05) is 0 Å². The molecule has 4 amide bonds. The van der Waals surface area contributed by atoms with Gasteiger partial charge in [-0.05, 0) is 20.8 Å². The number of carbonyl (C=O) groups is 3. The minimum atomic E-state index is -1.51. The fourth-order valence-electron chi connectivity index (χ4n) is 2.46. The summed E-state index contributed by atoms with van der Waals surface area (Å²) < 4.78 is 1.58. The lowest BCUT2D eigenvalue weighted by Crippen LogP contribution is -2.58. The lowest BCUT2D eigenvalue weighted by Gasteiger charge is -2.39. The van der Waals surface area contributed by atoms with Crippen molar-refractivity contribution in [2.24, 2.45) is 7.05 Å². The highest BCUT2D eigenvalue weighted by Gasteiger charge is 2.52. The number of carboxylic acid groups (broad SMARTS) is 1. The molecule has 1 fully saturated rings. The van der Waals surface area contributed by atoms with Gasteiger partial charge < -0.3 is 19.9 Å². The zero-order valence-electron chi connectivity index (χ0n) is 12.9. The number of imidazole rings is 1. The fraction of sp³-hybridized carbons (Fsp3) is 0.538. The van der Waals surface area contributed by atoms with E-state index in [2.05, 4.69) is 15.6 Å². The van der Waals surface area contributed by atoms with Gasteiger partial charge in [0.2, 0.25) is 0 Å². The van der Waals surface area contributed by atoms with E-state index >= 15 is 0 Å². The van der Waals surface area contributed by atoms with Crippen LogP contribution in [0.15, 0.2) is 12.5 Å². The van der Waals surface area contributed by atoms with Crippen LogP contribution in [0.4, 0.5) is 9.59 Å². The molecule has 0 spiro atoms. The topological polar surface area (TPSA) is 117 Å². The van der Waals surface area contributed by atoms with E-state index in [1.165, 1.54) is 12.5 Å². The van der Waals surface area contributed by atoms with Crippen molar-refractivity contribution in [3.05, 3.63) is 18.2 Å². The number of nitrogens with zero attached hydrogens (tertiary/aromatic N) is 3. The molecule has 0 bridgehead atoms. The first kappa shape index (κ1) is 15.8. The lowest BCUT2D eigenvalue weighted by molar-refractivity contribution is -0.125. The Bertz CT molecular complexity index is 633. The average molecular weight is 309 g/mol. The molecule has 0 radical (unpaired) electrons. The zero-order chi connectivity index (χ0) is 16.7. The van der Waals surface area contributed by atoms with E-state index in [0.717, 1.165) is 4.90 Å². The minimum Gasteiger partial charge on any atom is -0.465 e. The van der Waals surface area contributed by atoms with Gasteiger partial charge in [0.05, 0.1) is 24.8 Å². The molecule has 9 heteroatoms. The normalized spacial score (nSPS) is 21.5. The maximum Gasteiger partial charge on any atom is 0.407 e. The molecule has 9 nitrogen and oxygen atoms in total. The van der Waals surface area contributed by atoms with Crippen LogP contribution < -0.4 is 10.6 Å². The van der Waals surface area contributed by atoms with Crippen LogP contribution in [-0.2, 0) is 17.4 Å². The van der Waals surface area contributed by atoms with Gasteiger partial charge in [0, 0.05) is 12.6 Å². The van der Waals surface area contributed by atoms with E-state index in [9.17, 15) is 19.5 Å². The summed E-state index contributed by atoms with van der Waals surface area (Å²) in [4.78, 5) is 40.7. The standard InChI is InChI=1S/C13H19N5O4/c1-12(2,3)18(11(21)22)6-13(8-5-14-7-17(8)4)9(19)15-10(20)16-13/h5,7H,6H2,1-4H3,(H,21,22)(H2,15,16,19,20). The molecule has 1 atom stereocenters. The molecule has 0 saturated carbocycles. The first-order valence-electron chi connectivity index (χ1n) is 6.69. The first-order chi connectivity index (χ1) is 10.1. The van der Waals surface area contributed by atoms with E-state index in [1.54, 1.807) is 32.4 Å². The fourth-order valence-corrected chi connectivity index (χ4v) is 2.46. The molecule has 0 aromatic carbocycles. The SMILES string of the molecule is Cn1cncc1C1(CN(C(=O)O)C(C)(C)C)NC(=O)NC1=O. The summed E-state index contributed by atoms with van der Waals surface area (Å²) in [6.07, 6.45) is 1.74. The molecule has 3 N–H and O–H groups in total. The number of aromatic nitrogens is 2. The quantitative estimate of drug-likeness (QED) is 0.691. The van der Waals surface area contributed by atoms with E-state index in [0.29, 0.717) is 5.69 Å². The number of amides is 4. The van der Waals surface area contributed by atoms with Crippen LogP contribution in [0.2, 0.25) is 0 Å². The Kier molecular flexibility index (Phi) is 3.59. The molecule has 2 heterocycles. The molecule has 1 aromatic heterocycles. The van der Waals surface area contributed by atoms with Crippen molar-refractivity contribution in [3.63, 3.8) is 0 Å². The van der Waals surface area contributed by atoms with Gasteiger partial charge in [0.1, 0.15) is 0 Å². The van der Waals surface area contributed by atoms with E-state index in [-0.39, 0.29) is 6.54 Å². The molecule has 1 aliphatic heterocycles. The number of aryl methyl sites for hydroxylation is 1. The zero-order valence-corrected chi connectivity index (χ0v) is 12.9. The third-order valence-electron chi connectivity index (χ3n) is 3.63. The number of hydrogen-bond donors (Lipinski definition) is 3. The monoisotopic (exact) mass is 309 g/mol. The van der Waals surface area contributed by atoms with Gasteiger partial charge in [-0.15, -0.1) is 0 Å². The smallest absolute Gasteiger partial charge is 0.407 e. The second-order valence-electron chi connectivity index (χ2n) is 6.24. The molecule has 1 aromatic rings. The highest BCUT2D eigenvalue weighted by molar-refractivity contribution is 6.07. The van der Waals surface area contributed by atoms with Gasteiger partial charge in [-0.1, -0.05) is 0 Å². The summed E-state index contributed by atoms with van der Waals surface area (Å²) in [6, 6.07) is -0.662. The number of imide groups is 1. The Labute approximate surface area is 127 Å². The van der Waals surface area contributed by atoms with Crippen molar-refractivity contribution in [1.82, 2.24) is 25.1 Å². The highest BCUT2D eigenvalue weighted by Crippen LogP contribution is 2.28. The molecular formula is C13H19N5O4. The minimum absolute atomic E-state index is 0.219. The number of urea groups is 1. The Morgan fingerprint density at radius 2 is 2.09 bits per heavy atom. The van der Waals surface area contributed by atoms with Crippen LogP contribution in [0, 0.1) is 0 Å².